The highest BCUT2D eigenvalue weighted by molar-refractivity contribution is 7.86. The van der Waals surface area contributed by atoms with E-state index in [9.17, 15) is 8.42 Å². The van der Waals surface area contributed by atoms with Crippen molar-refractivity contribution in [3.05, 3.63) is 29.8 Å². The SMILES string of the molecule is Cc1ccc(S(=O)(=O)OCCC(C)(C)CCOC(C)(C)C)cc1. The van der Waals surface area contributed by atoms with E-state index in [0.29, 0.717) is 13.0 Å². The van der Waals surface area contributed by atoms with Gasteiger partial charge in [0.25, 0.3) is 10.1 Å². The Morgan fingerprint density at radius 2 is 1.43 bits per heavy atom. The molecule has 23 heavy (non-hydrogen) atoms. The molecule has 1 aromatic carbocycles. The van der Waals surface area contributed by atoms with E-state index in [1.165, 1.54) is 0 Å². The van der Waals surface area contributed by atoms with E-state index in [-0.39, 0.29) is 22.5 Å². The van der Waals surface area contributed by atoms with Crippen molar-refractivity contribution in [3.63, 3.8) is 0 Å². The van der Waals surface area contributed by atoms with Gasteiger partial charge in [-0.3, -0.25) is 4.18 Å². The lowest BCUT2D eigenvalue weighted by Gasteiger charge is -2.27. The van der Waals surface area contributed by atoms with E-state index in [2.05, 4.69) is 13.8 Å². The maximum Gasteiger partial charge on any atom is 0.296 e. The summed E-state index contributed by atoms with van der Waals surface area (Å²) >= 11 is 0. The minimum atomic E-state index is -3.67. The van der Waals surface area contributed by atoms with Crippen LogP contribution in [-0.4, -0.2) is 27.2 Å². The summed E-state index contributed by atoms with van der Waals surface area (Å²) in [5.74, 6) is 0. The summed E-state index contributed by atoms with van der Waals surface area (Å²) in [6, 6.07) is 6.69. The molecule has 4 nitrogen and oxygen atoms in total. The molecule has 5 heteroatoms. The van der Waals surface area contributed by atoms with Gasteiger partial charge >= 0.3 is 0 Å². The minimum absolute atomic E-state index is 0.0337. The van der Waals surface area contributed by atoms with Crippen LogP contribution >= 0.6 is 0 Å². The van der Waals surface area contributed by atoms with Gasteiger partial charge in [0.2, 0.25) is 0 Å². The Hall–Kier alpha value is -0.910. The third-order valence-corrected chi connectivity index (χ3v) is 4.97. The number of aryl methyl sites for hydroxylation is 1. The highest BCUT2D eigenvalue weighted by atomic mass is 32.2. The Balaban J connectivity index is 2.46. The second kappa shape index (κ2) is 7.77. The molecule has 0 N–H and O–H groups in total. The lowest BCUT2D eigenvalue weighted by molar-refractivity contribution is -0.0170. The normalized spacial score (nSPS) is 13.3. The molecule has 0 saturated carbocycles. The van der Waals surface area contributed by atoms with E-state index in [1.807, 2.05) is 27.7 Å². The fourth-order valence-electron chi connectivity index (χ4n) is 1.96. The molecule has 0 aliphatic carbocycles. The molecular formula is C18H30O4S. The van der Waals surface area contributed by atoms with E-state index in [0.717, 1.165) is 12.0 Å². The fourth-order valence-corrected chi connectivity index (χ4v) is 2.87. The Morgan fingerprint density at radius 3 is 1.96 bits per heavy atom. The average molecular weight is 343 g/mol. The van der Waals surface area contributed by atoms with Crippen LogP contribution in [0.15, 0.2) is 29.2 Å². The van der Waals surface area contributed by atoms with Crippen LogP contribution in [0, 0.1) is 12.3 Å². The van der Waals surface area contributed by atoms with Gasteiger partial charge in [-0.1, -0.05) is 31.5 Å². The maximum atomic E-state index is 12.1. The molecule has 0 heterocycles. The Morgan fingerprint density at radius 1 is 0.913 bits per heavy atom. The zero-order valence-corrected chi connectivity index (χ0v) is 16.0. The Bertz CT molecular complexity index is 580. The summed E-state index contributed by atoms with van der Waals surface area (Å²) < 4.78 is 35.2. The molecule has 0 saturated heterocycles. The van der Waals surface area contributed by atoms with Gasteiger partial charge in [-0.15, -0.1) is 0 Å². The largest absolute Gasteiger partial charge is 0.376 e. The van der Waals surface area contributed by atoms with Crippen molar-refractivity contribution in [1.82, 2.24) is 0 Å². The predicted molar refractivity (Wildman–Crippen MR) is 93.0 cm³/mol. The lowest BCUT2D eigenvalue weighted by atomic mass is 9.86. The summed E-state index contributed by atoms with van der Waals surface area (Å²) in [5.41, 5.74) is 0.832. The zero-order chi connectivity index (χ0) is 17.7. The van der Waals surface area contributed by atoms with Crippen LogP contribution < -0.4 is 0 Å². The molecule has 0 unspecified atom stereocenters. The van der Waals surface area contributed by atoms with Crippen LogP contribution in [0.5, 0.6) is 0 Å². The van der Waals surface area contributed by atoms with Gasteiger partial charge in [0, 0.05) is 6.61 Å². The molecule has 0 fully saturated rings. The van der Waals surface area contributed by atoms with Gasteiger partial charge in [0.15, 0.2) is 0 Å². The van der Waals surface area contributed by atoms with E-state index >= 15 is 0 Å². The van der Waals surface area contributed by atoms with Gasteiger partial charge < -0.3 is 4.74 Å². The van der Waals surface area contributed by atoms with Crippen LogP contribution in [0.1, 0.15) is 53.0 Å². The van der Waals surface area contributed by atoms with Crippen molar-refractivity contribution in [2.24, 2.45) is 5.41 Å². The van der Waals surface area contributed by atoms with Gasteiger partial charge in [-0.2, -0.15) is 8.42 Å². The number of ether oxygens (including phenoxy) is 1. The first kappa shape index (κ1) is 20.1. The van der Waals surface area contributed by atoms with Gasteiger partial charge in [0.05, 0.1) is 17.1 Å². The maximum absolute atomic E-state index is 12.1. The van der Waals surface area contributed by atoms with E-state index in [1.54, 1.807) is 24.3 Å². The van der Waals surface area contributed by atoms with Crippen molar-refractivity contribution in [1.29, 1.82) is 0 Å². The van der Waals surface area contributed by atoms with Gasteiger partial charge in [-0.25, -0.2) is 0 Å². The van der Waals surface area contributed by atoms with Crippen LogP contribution in [0.2, 0.25) is 0 Å². The lowest BCUT2D eigenvalue weighted by Crippen LogP contribution is -2.24. The van der Waals surface area contributed by atoms with Crippen molar-refractivity contribution in [3.8, 4) is 0 Å². The summed E-state index contributed by atoms with van der Waals surface area (Å²) in [5, 5.41) is 0. The summed E-state index contributed by atoms with van der Waals surface area (Å²) in [7, 11) is -3.67. The van der Waals surface area contributed by atoms with Crippen LogP contribution in [0.4, 0.5) is 0 Å². The first-order chi connectivity index (χ1) is 10.4. The highest BCUT2D eigenvalue weighted by Gasteiger charge is 2.22. The van der Waals surface area contributed by atoms with E-state index in [4.69, 9.17) is 8.92 Å². The number of rotatable bonds is 8. The van der Waals surface area contributed by atoms with Gasteiger partial charge in [0.1, 0.15) is 0 Å². The molecule has 0 aliphatic heterocycles. The van der Waals surface area contributed by atoms with Crippen LogP contribution in [0.3, 0.4) is 0 Å². The monoisotopic (exact) mass is 342 g/mol. The molecule has 1 rings (SSSR count). The molecule has 132 valence electrons. The average Bonchev–Trinajstić information content (AvgIpc) is 2.36. The fraction of sp³-hybridized carbons (Fsp3) is 0.667. The molecule has 0 aromatic heterocycles. The Labute approximate surface area is 141 Å². The summed E-state index contributed by atoms with van der Waals surface area (Å²) in [6.45, 7) is 13.0. The first-order valence-corrected chi connectivity index (χ1v) is 9.42. The third-order valence-electron chi connectivity index (χ3n) is 3.64. The Kier molecular flexibility index (Phi) is 6.81. The molecule has 0 bridgehead atoms. The molecule has 0 radical (unpaired) electrons. The van der Waals surface area contributed by atoms with Crippen molar-refractivity contribution in [2.75, 3.05) is 13.2 Å². The molecule has 0 aliphatic rings. The highest BCUT2D eigenvalue weighted by Crippen LogP contribution is 2.26. The minimum Gasteiger partial charge on any atom is -0.376 e. The van der Waals surface area contributed by atoms with E-state index < -0.39 is 10.1 Å². The second-order valence-corrected chi connectivity index (χ2v) is 9.33. The van der Waals surface area contributed by atoms with Crippen LogP contribution in [-0.2, 0) is 19.0 Å². The van der Waals surface area contributed by atoms with Crippen molar-refractivity contribution >= 4 is 10.1 Å². The number of benzene rings is 1. The third kappa shape index (κ3) is 7.95. The van der Waals surface area contributed by atoms with Crippen molar-refractivity contribution < 1.29 is 17.3 Å². The molecular weight excluding hydrogens is 312 g/mol. The summed E-state index contributed by atoms with van der Waals surface area (Å²) in [4.78, 5) is 0.206. The quantitative estimate of drug-likeness (QED) is 0.660. The molecule has 0 atom stereocenters. The second-order valence-electron chi connectivity index (χ2n) is 7.71. The number of hydrogen-bond acceptors (Lipinski definition) is 4. The molecule has 0 spiro atoms. The predicted octanol–water partition coefficient (Wildman–Crippen LogP) is 4.32. The number of hydrogen-bond donors (Lipinski definition) is 0. The zero-order valence-electron chi connectivity index (χ0n) is 15.2. The topological polar surface area (TPSA) is 52.6 Å². The van der Waals surface area contributed by atoms with Gasteiger partial charge in [-0.05, 0) is 58.1 Å². The molecule has 1 aromatic rings. The smallest absolute Gasteiger partial charge is 0.296 e. The van der Waals surface area contributed by atoms with Crippen LogP contribution in [0.25, 0.3) is 0 Å². The summed E-state index contributed by atoms with van der Waals surface area (Å²) in [6.07, 6.45) is 1.52. The molecule has 0 amide bonds. The first-order valence-electron chi connectivity index (χ1n) is 8.01. The standard InChI is InChI=1S/C18H30O4S/c1-15-7-9-16(10-8-15)23(19,20)22-14-12-18(5,6)11-13-21-17(2,3)4/h7-10H,11-14H2,1-6H3. The van der Waals surface area contributed by atoms with Crippen molar-refractivity contribution in [2.45, 2.75) is 64.9 Å².